The number of aromatic nitrogens is 5. The van der Waals surface area contributed by atoms with E-state index in [-0.39, 0.29) is 0 Å². The average Bonchev–Trinajstić information content (AvgIpc) is 3.18. The minimum absolute atomic E-state index is 0.504. The quantitative estimate of drug-likeness (QED) is 0.757. The zero-order valence-corrected chi connectivity index (χ0v) is 14.5. The monoisotopic (exact) mass is 342 g/mol. The van der Waals surface area contributed by atoms with E-state index in [1.165, 1.54) is 22.2 Å². The van der Waals surface area contributed by atoms with Crippen LogP contribution in [0.4, 0.5) is 5.82 Å². The number of hydrogen-bond donors (Lipinski definition) is 1. The second kappa shape index (κ2) is 4.73. The van der Waals surface area contributed by atoms with Crippen molar-refractivity contribution in [2.45, 2.75) is 31.8 Å². The molecule has 0 amide bonds. The van der Waals surface area contributed by atoms with Crippen LogP contribution in [-0.4, -0.2) is 43.2 Å². The highest BCUT2D eigenvalue weighted by Crippen LogP contribution is 2.43. The molecule has 5 rings (SSSR count). The summed E-state index contributed by atoms with van der Waals surface area (Å²) < 4.78 is 1.64. The molecule has 0 radical (unpaired) electrons. The lowest BCUT2D eigenvalue weighted by atomic mass is 9.90. The van der Waals surface area contributed by atoms with Crippen LogP contribution in [0.5, 0.6) is 0 Å². The highest BCUT2D eigenvalue weighted by Gasteiger charge is 2.46. The maximum atomic E-state index is 10.9. The minimum atomic E-state index is -0.914. The molecule has 124 valence electrons. The molecule has 3 aromatic rings. The van der Waals surface area contributed by atoms with E-state index in [2.05, 4.69) is 20.2 Å². The summed E-state index contributed by atoms with van der Waals surface area (Å²) in [7, 11) is 1.81. The molecule has 4 heterocycles. The molecule has 1 aliphatic carbocycles. The van der Waals surface area contributed by atoms with Crippen LogP contribution in [0.25, 0.3) is 10.2 Å². The predicted molar refractivity (Wildman–Crippen MR) is 91.3 cm³/mol. The predicted octanol–water partition coefficient (Wildman–Crippen LogP) is 1.32. The Morgan fingerprint density at radius 3 is 2.83 bits per heavy atom. The van der Waals surface area contributed by atoms with E-state index in [9.17, 15) is 5.11 Å². The van der Waals surface area contributed by atoms with Crippen molar-refractivity contribution in [2.75, 3.05) is 18.0 Å². The molecule has 0 saturated carbocycles. The van der Waals surface area contributed by atoms with Crippen LogP contribution < -0.4 is 4.90 Å². The fourth-order valence-corrected chi connectivity index (χ4v) is 5.22. The van der Waals surface area contributed by atoms with Crippen molar-refractivity contribution in [3.63, 3.8) is 0 Å². The van der Waals surface area contributed by atoms with Crippen molar-refractivity contribution in [1.29, 1.82) is 0 Å². The number of hydrogen-bond acceptors (Lipinski definition) is 7. The normalized spacial score (nSPS) is 18.9. The van der Waals surface area contributed by atoms with E-state index in [0.29, 0.717) is 13.1 Å². The van der Waals surface area contributed by atoms with Gasteiger partial charge in [0.25, 0.3) is 0 Å². The Hall–Kier alpha value is -2.06. The molecule has 1 N–H and O–H groups in total. The number of rotatable bonds is 2. The van der Waals surface area contributed by atoms with Crippen LogP contribution in [0, 0.1) is 6.92 Å². The van der Waals surface area contributed by atoms with Gasteiger partial charge in [0.05, 0.1) is 30.4 Å². The molecule has 24 heavy (non-hydrogen) atoms. The number of fused-ring (bicyclic) bond motifs is 3. The highest BCUT2D eigenvalue weighted by atomic mass is 32.1. The fourth-order valence-electron chi connectivity index (χ4n) is 3.92. The zero-order chi connectivity index (χ0) is 16.5. The van der Waals surface area contributed by atoms with E-state index in [1.807, 2.05) is 14.0 Å². The third-order valence-corrected chi connectivity index (χ3v) is 6.24. The van der Waals surface area contributed by atoms with Gasteiger partial charge in [-0.2, -0.15) is 0 Å². The first-order valence-corrected chi connectivity index (χ1v) is 8.98. The van der Waals surface area contributed by atoms with Crippen molar-refractivity contribution in [3.05, 3.63) is 28.2 Å². The topological polar surface area (TPSA) is 80.0 Å². The molecule has 0 bridgehead atoms. The van der Waals surface area contributed by atoms with Gasteiger partial charge in [0, 0.05) is 11.9 Å². The molecule has 2 aliphatic rings. The maximum Gasteiger partial charge on any atom is 0.142 e. The second-order valence-electron chi connectivity index (χ2n) is 6.76. The number of thiophene rings is 1. The van der Waals surface area contributed by atoms with Gasteiger partial charge in [0.15, 0.2) is 0 Å². The van der Waals surface area contributed by atoms with E-state index in [1.54, 1.807) is 22.2 Å². The molecule has 0 atom stereocenters. The summed E-state index contributed by atoms with van der Waals surface area (Å²) in [5.74, 6) is 1.76. The van der Waals surface area contributed by atoms with Gasteiger partial charge in [0.1, 0.15) is 22.1 Å². The molecule has 1 aliphatic heterocycles. The average molecular weight is 342 g/mol. The van der Waals surface area contributed by atoms with Crippen molar-refractivity contribution in [2.24, 2.45) is 7.05 Å². The summed E-state index contributed by atoms with van der Waals surface area (Å²) in [5, 5.41) is 19.9. The van der Waals surface area contributed by atoms with Gasteiger partial charge < -0.3 is 10.0 Å². The third-order valence-electron chi connectivity index (χ3n) is 5.05. The Morgan fingerprint density at radius 2 is 2.08 bits per heavy atom. The smallest absolute Gasteiger partial charge is 0.142 e. The lowest BCUT2D eigenvalue weighted by Gasteiger charge is -2.46. The highest BCUT2D eigenvalue weighted by molar-refractivity contribution is 7.19. The Balaban J connectivity index is 1.56. The standard InChI is InChI=1S/C16H18N6OS/c1-9-18-14(13-10-4-3-5-11(10)24-15(13)19-9)22-7-16(23,8-22)12-6-17-20-21(12)2/h6,23H,3-5,7-8H2,1-2H3. The Kier molecular flexibility index (Phi) is 2.82. The summed E-state index contributed by atoms with van der Waals surface area (Å²) >= 11 is 1.80. The van der Waals surface area contributed by atoms with E-state index in [4.69, 9.17) is 4.98 Å². The molecule has 0 spiro atoms. The summed E-state index contributed by atoms with van der Waals surface area (Å²) in [6.45, 7) is 2.94. The molecule has 1 fully saturated rings. The summed E-state index contributed by atoms with van der Waals surface area (Å²) in [4.78, 5) is 14.0. The van der Waals surface area contributed by atoms with Crippen LogP contribution in [0.2, 0.25) is 0 Å². The largest absolute Gasteiger partial charge is 0.380 e. The van der Waals surface area contributed by atoms with Crippen LogP contribution in [-0.2, 0) is 25.5 Å². The Bertz CT molecular complexity index is 955. The second-order valence-corrected chi connectivity index (χ2v) is 7.85. The summed E-state index contributed by atoms with van der Waals surface area (Å²) in [6, 6.07) is 0. The molecule has 3 aromatic heterocycles. The van der Waals surface area contributed by atoms with Crippen LogP contribution >= 0.6 is 11.3 Å². The van der Waals surface area contributed by atoms with Gasteiger partial charge >= 0.3 is 0 Å². The van der Waals surface area contributed by atoms with E-state index >= 15 is 0 Å². The first-order chi connectivity index (χ1) is 11.5. The summed E-state index contributed by atoms with van der Waals surface area (Å²) in [6.07, 6.45) is 5.12. The van der Waals surface area contributed by atoms with Crippen molar-refractivity contribution >= 4 is 27.4 Å². The van der Waals surface area contributed by atoms with Crippen LogP contribution in [0.3, 0.4) is 0 Å². The molecule has 7 nitrogen and oxygen atoms in total. The van der Waals surface area contributed by atoms with Crippen molar-refractivity contribution in [3.8, 4) is 0 Å². The Labute approximate surface area is 143 Å². The van der Waals surface area contributed by atoms with E-state index < -0.39 is 5.60 Å². The van der Waals surface area contributed by atoms with E-state index in [0.717, 1.165) is 35.0 Å². The Morgan fingerprint density at radius 1 is 1.25 bits per heavy atom. The lowest BCUT2D eigenvalue weighted by Crippen LogP contribution is -2.60. The minimum Gasteiger partial charge on any atom is -0.380 e. The number of nitrogens with zero attached hydrogens (tertiary/aromatic N) is 6. The van der Waals surface area contributed by atoms with Gasteiger partial charge in [-0.25, -0.2) is 14.6 Å². The summed E-state index contributed by atoms with van der Waals surface area (Å²) in [5.41, 5.74) is 1.25. The van der Waals surface area contributed by atoms with Crippen molar-refractivity contribution in [1.82, 2.24) is 25.0 Å². The lowest BCUT2D eigenvalue weighted by molar-refractivity contribution is -0.000347. The molecular formula is C16H18N6OS. The fraction of sp³-hybridized carbons (Fsp3) is 0.500. The third kappa shape index (κ3) is 1.86. The first-order valence-electron chi connectivity index (χ1n) is 8.16. The zero-order valence-electron chi connectivity index (χ0n) is 13.7. The van der Waals surface area contributed by atoms with Gasteiger partial charge in [-0.15, -0.1) is 16.4 Å². The number of β-amino-alcohol motifs (C(OH)–C–C–N with tert-alkyl or cyclic N) is 1. The molecule has 1 saturated heterocycles. The number of aliphatic hydroxyl groups is 1. The molecule has 8 heteroatoms. The van der Waals surface area contributed by atoms with Gasteiger partial charge in [-0.1, -0.05) is 5.21 Å². The molecule has 0 aromatic carbocycles. The van der Waals surface area contributed by atoms with Crippen LogP contribution in [0.1, 0.15) is 28.4 Å². The maximum absolute atomic E-state index is 10.9. The first kappa shape index (κ1) is 14.3. The van der Waals surface area contributed by atoms with Gasteiger partial charge in [-0.05, 0) is 31.7 Å². The van der Waals surface area contributed by atoms with Gasteiger partial charge in [-0.3, -0.25) is 0 Å². The van der Waals surface area contributed by atoms with Crippen LogP contribution in [0.15, 0.2) is 6.20 Å². The molecule has 0 unspecified atom stereocenters. The molecular weight excluding hydrogens is 324 g/mol. The van der Waals surface area contributed by atoms with Crippen molar-refractivity contribution < 1.29 is 5.11 Å². The number of aryl methyl sites for hydroxylation is 4. The number of anilines is 1. The SMILES string of the molecule is Cc1nc(N2CC(O)(c3cnnn3C)C2)c2c3c(sc2n1)CCC3. The van der Waals surface area contributed by atoms with Gasteiger partial charge in [0.2, 0.25) is 0 Å².